The van der Waals surface area contributed by atoms with Crippen molar-refractivity contribution in [1.82, 2.24) is 10.3 Å². The summed E-state index contributed by atoms with van der Waals surface area (Å²) in [5, 5.41) is 14.2. The third kappa shape index (κ3) is 3.79. The van der Waals surface area contributed by atoms with E-state index in [-0.39, 0.29) is 0 Å². The largest absolute Gasteiger partial charge is 0.390 e. The standard InChI is InChI=1S/C15H24N2O/c1-2-9-17-14-3-7-15(18,8-4-14)12-13-5-10-16-11-6-13/h5-6,10-11,14,17-18H,2-4,7-9,12H2,1H3. The van der Waals surface area contributed by atoms with Gasteiger partial charge in [-0.15, -0.1) is 0 Å². The van der Waals surface area contributed by atoms with Gasteiger partial charge in [0.05, 0.1) is 5.60 Å². The zero-order valence-electron chi connectivity index (χ0n) is 11.2. The van der Waals surface area contributed by atoms with Gasteiger partial charge in [0.1, 0.15) is 0 Å². The molecule has 2 N–H and O–H groups in total. The average Bonchev–Trinajstić information content (AvgIpc) is 2.39. The summed E-state index contributed by atoms with van der Waals surface area (Å²) in [6.07, 6.45) is 9.50. The van der Waals surface area contributed by atoms with Crippen molar-refractivity contribution >= 4 is 0 Å². The summed E-state index contributed by atoms with van der Waals surface area (Å²) in [5.74, 6) is 0. The van der Waals surface area contributed by atoms with Crippen molar-refractivity contribution in [2.24, 2.45) is 0 Å². The van der Waals surface area contributed by atoms with Crippen LogP contribution in [0.25, 0.3) is 0 Å². The first-order valence-electron chi connectivity index (χ1n) is 7.06. The number of pyridine rings is 1. The fourth-order valence-electron chi connectivity index (χ4n) is 2.77. The molecular weight excluding hydrogens is 224 g/mol. The molecule has 0 unspecified atom stereocenters. The molecule has 1 aromatic heterocycles. The summed E-state index contributed by atoms with van der Waals surface area (Å²) in [6, 6.07) is 4.60. The molecule has 0 aromatic carbocycles. The summed E-state index contributed by atoms with van der Waals surface area (Å²) >= 11 is 0. The zero-order chi connectivity index (χ0) is 12.8. The van der Waals surface area contributed by atoms with E-state index in [1.54, 1.807) is 12.4 Å². The monoisotopic (exact) mass is 248 g/mol. The molecule has 1 saturated carbocycles. The summed E-state index contributed by atoms with van der Waals surface area (Å²) in [6.45, 7) is 3.28. The van der Waals surface area contributed by atoms with E-state index in [0.29, 0.717) is 6.04 Å². The molecule has 1 aromatic rings. The molecule has 0 aliphatic heterocycles. The fourth-order valence-corrected chi connectivity index (χ4v) is 2.77. The second-order valence-corrected chi connectivity index (χ2v) is 5.48. The predicted molar refractivity (Wildman–Crippen MR) is 73.4 cm³/mol. The van der Waals surface area contributed by atoms with E-state index in [1.807, 2.05) is 12.1 Å². The van der Waals surface area contributed by atoms with Crippen molar-refractivity contribution in [3.63, 3.8) is 0 Å². The Labute approximate surface area is 110 Å². The van der Waals surface area contributed by atoms with E-state index in [4.69, 9.17) is 0 Å². The van der Waals surface area contributed by atoms with Gasteiger partial charge in [0.25, 0.3) is 0 Å². The SMILES string of the molecule is CCCNC1CCC(O)(Cc2ccncc2)CC1. The summed E-state index contributed by atoms with van der Waals surface area (Å²) in [5.41, 5.74) is 0.679. The van der Waals surface area contributed by atoms with Gasteiger partial charge >= 0.3 is 0 Å². The van der Waals surface area contributed by atoms with Gasteiger partial charge < -0.3 is 10.4 Å². The minimum absolute atomic E-state index is 0.508. The summed E-state index contributed by atoms with van der Waals surface area (Å²) in [4.78, 5) is 4.02. The number of hydrogen-bond acceptors (Lipinski definition) is 3. The van der Waals surface area contributed by atoms with E-state index in [2.05, 4.69) is 17.2 Å². The molecule has 3 heteroatoms. The number of hydrogen-bond donors (Lipinski definition) is 2. The summed E-state index contributed by atoms with van der Waals surface area (Å²) < 4.78 is 0. The Morgan fingerprint density at radius 2 is 2.00 bits per heavy atom. The predicted octanol–water partition coefficient (Wildman–Crippen LogP) is 2.30. The molecule has 1 heterocycles. The molecule has 3 nitrogen and oxygen atoms in total. The van der Waals surface area contributed by atoms with E-state index in [1.165, 1.54) is 12.0 Å². The maximum absolute atomic E-state index is 10.6. The molecule has 100 valence electrons. The van der Waals surface area contributed by atoms with Gasteiger partial charge in [0.2, 0.25) is 0 Å². The lowest BCUT2D eigenvalue weighted by Gasteiger charge is -2.36. The molecule has 0 radical (unpaired) electrons. The Bertz CT molecular complexity index is 345. The first-order valence-corrected chi connectivity index (χ1v) is 7.06. The number of rotatable bonds is 5. The Hall–Kier alpha value is -0.930. The second-order valence-electron chi connectivity index (χ2n) is 5.48. The van der Waals surface area contributed by atoms with Crippen LogP contribution in [0.3, 0.4) is 0 Å². The molecule has 1 fully saturated rings. The average molecular weight is 248 g/mol. The van der Waals surface area contributed by atoms with Crippen LogP contribution in [0.4, 0.5) is 0 Å². The van der Waals surface area contributed by atoms with Gasteiger partial charge in [0.15, 0.2) is 0 Å². The van der Waals surface area contributed by atoms with Gasteiger partial charge in [-0.1, -0.05) is 6.92 Å². The van der Waals surface area contributed by atoms with Crippen molar-refractivity contribution in [3.05, 3.63) is 30.1 Å². The van der Waals surface area contributed by atoms with Crippen molar-refractivity contribution in [3.8, 4) is 0 Å². The highest BCUT2D eigenvalue weighted by Gasteiger charge is 2.32. The quantitative estimate of drug-likeness (QED) is 0.840. The molecule has 18 heavy (non-hydrogen) atoms. The lowest BCUT2D eigenvalue weighted by molar-refractivity contribution is -0.00307. The highest BCUT2D eigenvalue weighted by atomic mass is 16.3. The van der Waals surface area contributed by atoms with Gasteiger partial charge in [-0.3, -0.25) is 4.98 Å². The number of aliphatic hydroxyl groups is 1. The van der Waals surface area contributed by atoms with E-state index in [0.717, 1.165) is 38.6 Å². The van der Waals surface area contributed by atoms with Crippen molar-refractivity contribution in [2.45, 2.75) is 57.1 Å². The highest BCUT2D eigenvalue weighted by molar-refractivity contribution is 5.13. The van der Waals surface area contributed by atoms with Crippen molar-refractivity contribution in [2.75, 3.05) is 6.54 Å². The normalized spacial score (nSPS) is 28.2. The maximum atomic E-state index is 10.6. The number of nitrogens with one attached hydrogen (secondary N) is 1. The van der Waals surface area contributed by atoms with Gasteiger partial charge in [0, 0.05) is 24.9 Å². The van der Waals surface area contributed by atoms with Crippen LogP contribution in [0.15, 0.2) is 24.5 Å². The van der Waals surface area contributed by atoms with Gasteiger partial charge in [-0.25, -0.2) is 0 Å². The molecule has 0 saturated heterocycles. The first kappa shape index (κ1) is 13.5. The highest BCUT2D eigenvalue weighted by Crippen LogP contribution is 2.31. The summed E-state index contributed by atoms with van der Waals surface area (Å²) in [7, 11) is 0. The van der Waals surface area contributed by atoms with E-state index in [9.17, 15) is 5.11 Å². The zero-order valence-corrected chi connectivity index (χ0v) is 11.2. The molecule has 1 aliphatic rings. The smallest absolute Gasteiger partial charge is 0.0689 e. The number of aromatic nitrogens is 1. The Morgan fingerprint density at radius 1 is 1.33 bits per heavy atom. The van der Waals surface area contributed by atoms with Gasteiger partial charge in [-0.2, -0.15) is 0 Å². The van der Waals surface area contributed by atoms with Crippen LogP contribution >= 0.6 is 0 Å². The van der Waals surface area contributed by atoms with Crippen LogP contribution in [0, 0.1) is 0 Å². The third-order valence-corrected chi connectivity index (χ3v) is 3.88. The van der Waals surface area contributed by atoms with Crippen LogP contribution in [0.1, 0.15) is 44.6 Å². The van der Waals surface area contributed by atoms with Gasteiger partial charge in [-0.05, 0) is 56.3 Å². The Kier molecular flexibility index (Phi) is 4.72. The minimum Gasteiger partial charge on any atom is -0.390 e. The Morgan fingerprint density at radius 3 is 2.61 bits per heavy atom. The lowest BCUT2D eigenvalue weighted by Crippen LogP contribution is -2.42. The molecule has 2 rings (SSSR count). The van der Waals surface area contributed by atoms with Crippen LogP contribution in [0.5, 0.6) is 0 Å². The molecule has 0 bridgehead atoms. The van der Waals surface area contributed by atoms with Crippen LogP contribution < -0.4 is 5.32 Å². The first-order chi connectivity index (χ1) is 8.72. The van der Waals surface area contributed by atoms with Crippen LogP contribution in [0.2, 0.25) is 0 Å². The minimum atomic E-state index is -0.508. The fraction of sp³-hybridized carbons (Fsp3) is 0.667. The van der Waals surface area contributed by atoms with Crippen molar-refractivity contribution < 1.29 is 5.11 Å². The van der Waals surface area contributed by atoms with Crippen molar-refractivity contribution in [1.29, 1.82) is 0 Å². The molecule has 0 spiro atoms. The van der Waals surface area contributed by atoms with E-state index >= 15 is 0 Å². The maximum Gasteiger partial charge on any atom is 0.0689 e. The molecular formula is C15H24N2O. The topological polar surface area (TPSA) is 45.1 Å². The third-order valence-electron chi connectivity index (χ3n) is 3.88. The molecule has 1 aliphatic carbocycles. The Balaban J connectivity index is 1.83. The van der Waals surface area contributed by atoms with Crippen LogP contribution in [-0.4, -0.2) is 28.3 Å². The van der Waals surface area contributed by atoms with Crippen LogP contribution in [-0.2, 0) is 6.42 Å². The molecule has 0 atom stereocenters. The lowest BCUT2D eigenvalue weighted by atomic mass is 9.78. The molecule has 0 amide bonds. The number of nitrogens with zero attached hydrogens (tertiary/aromatic N) is 1. The second kappa shape index (κ2) is 6.30. The van der Waals surface area contributed by atoms with E-state index < -0.39 is 5.60 Å².